The summed E-state index contributed by atoms with van der Waals surface area (Å²) in [7, 11) is 0. The number of likely N-dealkylation sites (tertiary alicyclic amines) is 1. The van der Waals surface area contributed by atoms with Gasteiger partial charge in [-0.25, -0.2) is 0 Å². The molecule has 2 aromatic carbocycles. The number of rotatable bonds is 6. The van der Waals surface area contributed by atoms with E-state index in [-0.39, 0.29) is 29.8 Å². The van der Waals surface area contributed by atoms with Crippen molar-refractivity contribution in [1.82, 2.24) is 5.32 Å². The first kappa shape index (κ1) is 19.1. The van der Waals surface area contributed by atoms with E-state index in [2.05, 4.69) is 5.32 Å². The molecule has 3 atom stereocenters. The van der Waals surface area contributed by atoms with Crippen molar-refractivity contribution in [2.24, 2.45) is 11.7 Å². The average Bonchev–Trinajstić information content (AvgIpc) is 2.72. The van der Waals surface area contributed by atoms with Crippen LogP contribution in [-0.4, -0.2) is 30.9 Å². The lowest BCUT2D eigenvalue weighted by atomic mass is 9.95. The fourth-order valence-electron chi connectivity index (χ4n) is 3.84. The van der Waals surface area contributed by atoms with Crippen LogP contribution in [0, 0.1) is 5.92 Å². The number of nitrogens with one attached hydrogen (secondary N) is 2. The highest BCUT2D eigenvalue weighted by molar-refractivity contribution is 5.81. The van der Waals surface area contributed by atoms with Crippen LogP contribution in [0.1, 0.15) is 36.9 Å². The van der Waals surface area contributed by atoms with Crippen LogP contribution in [0.2, 0.25) is 0 Å². The van der Waals surface area contributed by atoms with Crippen molar-refractivity contribution in [1.29, 1.82) is 0 Å². The molecule has 142 valence electrons. The fraction of sp³-hybridized carbons (Fsp3) is 0.364. The molecule has 5 heteroatoms. The van der Waals surface area contributed by atoms with Gasteiger partial charge in [0, 0.05) is 0 Å². The lowest BCUT2D eigenvalue weighted by molar-refractivity contribution is -0.921. The van der Waals surface area contributed by atoms with Crippen molar-refractivity contribution in [3.05, 3.63) is 71.8 Å². The minimum absolute atomic E-state index is 0.00664. The van der Waals surface area contributed by atoms with Gasteiger partial charge in [0.1, 0.15) is 0 Å². The zero-order chi connectivity index (χ0) is 19.2. The largest absolute Gasteiger partial charge is 0.369 e. The number of primary amides is 1. The smallest absolute Gasteiger partial charge is 0.278 e. The molecule has 2 aromatic rings. The monoisotopic (exact) mass is 366 g/mol. The molecular formula is C22H28N3O2+. The molecule has 1 fully saturated rings. The van der Waals surface area contributed by atoms with E-state index in [0.717, 1.165) is 35.4 Å². The summed E-state index contributed by atoms with van der Waals surface area (Å²) >= 11 is 0. The fourth-order valence-corrected chi connectivity index (χ4v) is 3.84. The molecule has 0 radical (unpaired) electrons. The molecule has 1 aliphatic rings. The van der Waals surface area contributed by atoms with Crippen molar-refractivity contribution >= 4 is 11.8 Å². The van der Waals surface area contributed by atoms with Gasteiger partial charge in [-0.1, -0.05) is 60.7 Å². The van der Waals surface area contributed by atoms with Gasteiger partial charge in [-0.3, -0.25) is 9.59 Å². The second-order valence-electron chi connectivity index (χ2n) is 7.34. The summed E-state index contributed by atoms with van der Waals surface area (Å²) in [4.78, 5) is 25.7. The van der Waals surface area contributed by atoms with Crippen molar-refractivity contribution in [2.75, 3.05) is 13.1 Å². The number of benzene rings is 2. The Balaban J connectivity index is 1.75. The van der Waals surface area contributed by atoms with Crippen molar-refractivity contribution < 1.29 is 14.5 Å². The summed E-state index contributed by atoms with van der Waals surface area (Å²) in [5.74, 6) is -0.401. The SMILES string of the molecule is C[C@@H](C(=O)NC(c1ccccc1)c1ccccc1)[NH+]1CCC[C@H](C(N)=O)C1. The molecule has 1 unspecified atom stereocenters. The number of carbonyl (C=O) groups is 2. The number of piperidine rings is 1. The van der Waals surface area contributed by atoms with E-state index in [1.165, 1.54) is 0 Å². The van der Waals surface area contributed by atoms with Crippen LogP contribution in [0.5, 0.6) is 0 Å². The van der Waals surface area contributed by atoms with E-state index < -0.39 is 0 Å². The quantitative estimate of drug-likeness (QED) is 0.715. The van der Waals surface area contributed by atoms with Crippen LogP contribution in [-0.2, 0) is 9.59 Å². The Bertz CT molecular complexity index is 724. The first-order chi connectivity index (χ1) is 13.1. The number of nitrogens with two attached hydrogens (primary N) is 1. The molecule has 0 aromatic heterocycles. The minimum atomic E-state index is -0.258. The van der Waals surface area contributed by atoms with E-state index >= 15 is 0 Å². The standard InChI is InChI=1S/C22H27N3O2/c1-16(25-14-8-13-19(15-25)21(23)26)22(27)24-20(17-9-4-2-5-10-17)18-11-6-3-7-12-18/h2-7,9-12,16,19-20H,8,13-15H2,1H3,(H2,23,26)(H,24,27)/p+1/t16-,19-/m0/s1. The van der Waals surface area contributed by atoms with E-state index in [9.17, 15) is 9.59 Å². The molecule has 2 amide bonds. The summed E-state index contributed by atoms with van der Waals surface area (Å²) in [6.07, 6.45) is 1.74. The van der Waals surface area contributed by atoms with Crippen molar-refractivity contribution in [2.45, 2.75) is 31.8 Å². The van der Waals surface area contributed by atoms with Crippen molar-refractivity contribution in [3.63, 3.8) is 0 Å². The maximum Gasteiger partial charge on any atom is 0.278 e. The predicted molar refractivity (Wildman–Crippen MR) is 105 cm³/mol. The Morgan fingerprint density at radius 3 is 2.11 bits per heavy atom. The van der Waals surface area contributed by atoms with Gasteiger partial charge < -0.3 is 16.0 Å². The van der Waals surface area contributed by atoms with Crippen LogP contribution in [0.15, 0.2) is 60.7 Å². The summed E-state index contributed by atoms with van der Waals surface area (Å²) in [5.41, 5.74) is 7.58. The normalized spacial score (nSPS) is 20.8. The van der Waals surface area contributed by atoms with E-state index in [1.54, 1.807) is 0 Å². The van der Waals surface area contributed by atoms with Gasteiger partial charge >= 0.3 is 0 Å². The first-order valence-corrected chi connectivity index (χ1v) is 9.60. The summed E-state index contributed by atoms with van der Waals surface area (Å²) in [5, 5.41) is 3.21. The summed E-state index contributed by atoms with van der Waals surface area (Å²) in [6.45, 7) is 3.45. The maximum atomic E-state index is 13.0. The molecule has 27 heavy (non-hydrogen) atoms. The highest BCUT2D eigenvalue weighted by atomic mass is 16.2. The van der Waals surface area contributed by atoms with Gasteiger partial charge in [0.25, 0.3) is 5.91 Å². The Kier molecular flexibility index (Phi) is 6.24. The Morgan fingerprint density at radius 1 is 1.04 bits per heavy atom. The number of amides is 2. The average molecular weight is 366 g/mol. The molecular weight excluding hydrogens is 338 g/mol. The van der Waals surface area contributed by atoms with Gasteiger partial charge in [-0.2, -0.15) is 0 Å². The number of carbonyl (C=O) groups excluding carboxylic acids is 2. The van der Waals surface area contributed by atoms with E-state index in [4.69, 9.17) is 5.73 Å². The lowest BCUT2D eigenvalue weighted by Gasteiger charge is -2.32. The molecule has 4 N–H and O–H groups in total. The van der Waals surface area contributed by atoms with Gasteiger partial charge in [0.2, 0.25) is 5.91 Å². The Labute approximate surface area is 160 Å². The number of quaternary nitrogens is 1. The number of hydrogen-bond donors (Lipinski definition) is 3. The van der Waals surface area contributed by atoms with Crippen LogP contribution in [0.25, 0.3) is 0 Å². The molecule has 5 nitrogen and oxygen atoms in total. The molecule has 1 aliphatic heterocycles. The molecule has 0 spiro atoms. The van der Waals surface area contributed by atoms with Crippen LogP contribution in [0.4, 0.5) is 0 Å². The third kappa shape index (κ3) is 4.74. The lowest BCUT2D eigenvalue weighted by Crippen LogP contribution is -3.18. The predicted octanol–water partition coefficient (Wildman–Crippen LogP) is 1.06. The van der Waals surface area contributed by atoms with E-state index in [1.807, 2.05) is 67.6 Å². The zero-order valence-electron chi connectivity index (χ0n) is 15.7. The molecule has 1 heterocycles. The molecule has 3 rings (SSSR count). The van der Waals surface area contributed by atoms with Crippen LogP contribution in [0.3, 0.4) is 0 Å². The minimum Gasteiger partial charge on any atom is -0.369 e. The first-order valence-electron chi connectivity index (χ1n) is 9.60. The van der Waals surface area contributed by atoms with Crippen LogP contribution >= 0.6 is 0 Å². The van der Waals surface area contributed by atoms with Crippen LogP contribution < -0.4 is 16.0 Å². The van der Waals surface area contributed by atoms with Gasteiger partial charge in [0.15, 0.2) is 6.04 Å². The molecule has 0 saturated carbocycles. The maximum absolute atomic E-state index is 13.0. The molecule has 1 saturated heterocycles. The second-order valence-corrected chi connectivity index (χ2v) is 7.34. The Hall–Kier alpha value is -2.66. The third-order valence-corrected chi connectivity index (χ3v) is 5.52. The van der Waals surface area contributed by atoms with Crippen molar-refractivity contribution in [3.8, 4) is 0 Å². The summed E-state index contributed by atoms with van der Waals surface area (Å²) in [6, 6.07) is 19.5. The van der Waals surface area contributed by atoms with E-state index in [0.29, 0.717) is 6.54 Å². The van der Waals surface area contributed by atoms with Gasteiger partial charge in [0.05, 0.1) is 25.0 Å². The van der Waals surface area contributed by atoms with Gasteiger partial charge in [-0.15, -0.1) is 0 Å². The Morgan fingerprint density at radius 2 is 1.59 bits per heavy atom. The number of hydrogen-bond acceptors (Lipinski definition) is 2. The molecule has 0 bridgehead atoms. The summed E-state index contributed by atoms with van der Waals surface area (Å²) < 4.78 is 0. The zero-order valence-corrected chi connectivity index (χ0v) is 15.7. The van der Waals surface area contributed by atoms with Gasteiger partial charge in [-0.05, 0) is 30.9 Å². The molecule has 0 aliphatic carbocycles. The topological polar surface area (TPSA) is 76.6 Å². The third-order valence-electron chi connectivity index (χ3n) is 5.52. The highest BCUT2D eigenvalue weighted by Crippen LogP contribution is 2.21. The highest BCUT2D eigenvalue weighted by Gasteiger charge is 2.34. The second kappa shape index (κ2) is 8.82.